The van der Waals surface area contributed by atoms with Gasteiger partial charge in [0.15, 0.2) is 0 Å². The van der Waals surface area contributed by atoms with Crippen LogP contribution < -0.4 is 0 Å². The summed E-state index contributed by atoms with van der Waals surface area (Å²) >= 11 is 0. The summed E-state index contributed by atoms with van der Waals surface area (Å²) in [5.74, 6) is 0. The summed E-state index contributed by atoms with van der Waals surface area (Å²) in [6.45, 7) is 4.66. The predicted molar refractivity (Wildman–Crippen MR) is 85.9 cm³/mol. The van der Waals surface area contributed by atoms with E-state index in [0.29, 0.717) is 0 Å². The predicted octanol–water partition coefficient (Wildman–Crippen LogP) is 8.33. The number of hydrogen-bond acceptors (Lipinski definition) is 0. The summed E-state index contributed by atoms with van der Waals surface area (Å²) in [5, 5.41) is 0. The van der Waals surface area contributed by atoms with Crippen molar-refractivity contribution in [3.05, 3.63) is 0 Å². The first kappa shape index (κ1) is 23.7. The molecule has 21 heavy (non-hydrogen) atoms. The van der Waals surface area contributed by atoms with E-state index in [1.54, 1.807) is 0 Å². The minimum absolute atomic E-state index is 0.765. The van der Waals surface area contributed by atoms with Gasteiger partial charge in [-0.2, -0.15) is 0 Å². The normalized spacial score (nSPS) is 15.4. The second-order valence-corrected chi connectivity index (χ2v) is 8.65. The Morgan fingerprint density at radius 2 is 0.905 bits per heavy atom. The van der Waals surface area contributed by atoms with Crippen LogP contribution in [0, 0.1) is 0 Å². The van der Waals surface area contributed by atoms with Gasteiger partial charge in [-0.1, -0.05) is 58.3 Å². The van der Waals surface area contributed by atoms with Crippen LogP contribution in [0.3, 0.4) is 0 Å². The molecule has 8 heteroatoms. The number of hydrogen-bond donors (Lipinski definition) is 0. The van der Waals surface area contributed by atoms with Crippen molar-refractivity contribution in [2.24, 2.45) is 0 Å². The van der Waals surface area contributed by atoms with Crippen molar-refractivity contribution < 1.29 is 25.2 Å². The molecule has 0 rings (SSSR count). The number of rotatable bonds is 11. The molecule has 0 aromatic rings. The molecule has 0 nitrogen and oxygen atoms in total. The minimum atomic E-state index is -10.7. The van der Waals surface area contributed by atoms with Crippen molar-refractivity contribution in [1.29, 1.82) is 0 Å². The first-order valence-corrected chi connectivity index (χ1v) is 11.7. The van der Waals surface area contributed by atoms with Gasteiger partial charge in [-0.3, -0.25) is 0 Å². The van der Waals surface area contributed by atoms with Crippen molar-refractivity contribution in [1.82, 2.24) is 0 Å². The Morgan fingerprint density at radius 1 is 0.619 bits per heavy atom. The third-order valence-electron chi connectivity index (χ3n) is 2.85. The van der Waals surface area contributed by atoms with Crippen LogP contribution in [0.25, 0.3) is 0 Å². The SMILES string of the molecule is CCCCCCCCCCCC[PH2+]C.F[P-](F)(F)(F)(F)F. The molecule has 0 aliphatic heterocycles. The van der Waals surface area contributed by atoms with Crippen molar-refractivity contribution in [2.75, 3.05) is 12.8 Å². The molecule has 1 unspecified atom stereocenters. The van der Waals surface area contributed by atoms with E-state index in [-0.39, 0.29) is 0 Å². The van der Waals surface area contributed by atoms with E-state index in [1.165, 1.54) is 70.4 Å². The van der Waals surface area contributed by atoms with Crippen LogP contribution in [0.15, 0.2) is 0 Å². The molecule has 1 atom stereocenters. The zero-order chi connectivity index (χ0) is 16.9. The molecule has 0 heterocycles. The molecule has 0 bridgehead atoms. The average Bonchev–Trinajstić information content (AvgIpc) is 2.28. The molecule has 0 saturated carbocycles. The molecule has 0 saturated heterocycles. The topological polar surface area (TPSA) is 0 Å². The van der Waals surface area contributed by atoms with Gasteiger partial charge in [-0.25, -0.2) is 0 Å². The van der Waals surface area contributed by atoms with E-state index in [2.05, 4.69) is 13.6 Å². The van der Waals surface area contributed by atoms with Crippen LogP contribution in [-0.2, 0) is 0 Å². The van der Waals surface area contributed by atoms with Crippen LogP contribution in [0.4, 0.5) is 25.2 Å². The molecular formula is C13H30F6P2. The van der Waals surface area contributed by atoms with Crippen LogP contribution in [0.5, 0.6) is 0 Å². The first-order chi connectivity index (χ1) is 9.36. The Labute approximate surface area is 126 Å². The first-order valence-electron chi connectivity index (χ1n) is 7.71. The second kappa shape index (κ2) is 10.3. The van der Waals surface area contributed by atoms with Crippen LogP contribution in [0.1, 0.15) is 71.1 Å². The van der Waals surface area contributed by atoms with Crippen molar-refractivity contribution in [2.45, 2.75) is 71.1 Å². The third kappa shape index (κ3) is 53.1. The number of unbranched alkanes of at least 4 members (excludes halogenated alkanes) is 9. The monoisotopic (exact) mass is 362 g/mol. The Kier molecular flexibility index (Phi) is 11.6. The van der Waals surface area contributed by atoms with Gasteiger partial charge in [0, 0.05) is 6.66 Å². The molecule has 0 aliphatic carbocycles. The molecule has 134 valence electrons. The summed E-state index contributed by atoms with van der Waals surface area (Å²) in [6, 6.07) is 0. The summed E-state index contributed by atoms with van der Waals surface area (Å²) in [7, 11) is -9.89. The quantitative estimate of drug-likeness (QED) is 0.197. The molecule has 0 aromatic carbocycles. The summed E-state index contributed by atoms with van der Waals surface area (Å²) in [4.78, 5) is 0. The van der Waals surface area contributed by atoms with Crippen molar-refractivity contribution >= 4 is 16.4 Å². The Bertz CT molecular complexity index is 213. The summed E-state index contributed by atoms with van der Waals surface area (Å²) in [6.07, 6.45) is 16.2. The Hall–Kier alpha value is 0.440. The van der Waals surface area contributed by atoms with Gasteiger partial charge in [-0.15, -0.1) is 0 Å². The fourth-order valence-electron chi connectivity index (χ4n) is 1.84. The molecular weight excluding hydrogens is 332 g/mol. The van der Waals surface area contributed by atoms with Gasteiger partial charge in [0.2, 0.25) is 0 Å². The average molecular weight is 362 g/mol. The van der Waals surface area contributed by atoms with Gasteiger partial charge in [0.25, 0.3) is 0 Å². The summed E-state index contributed by atoms with van der Waals surface area (Å²) < 4.78 is 59.2. The fourth-order valence-corrected chi connectivity index (χ4v) is 2.53. The maximum atomic E-state index is 9.87. The second-order valence-electron chi connectivity index (χ2n) is 5.34. The third-order valence-corrected chi connectivity index (χ3v) is 3.83. The summed E-state index contributed by atoms with van der Waals surface area (Å²) in [5.41, 5.74) is 0. The molecule has 0 amide bonds. The van der Waals surface area contributed by atoms with Crippen LogP contribution in [-0.4, -0.2) is 12.8 Å². The van der Waals surface area contributed by atoms with E-state index in [1.807, 2.05) is 0 Å². The van der Waals surface area contributed by atoms with Gasteiger partial charge in [0.05, 0.1) is 6.16 Å². The van der Waals surface area contributed by atoms with E-state index in [9.17, 15) is 25.2 Å². The van der Waals surface area contributed by atoms with E-state index in [0.717, 1.165) is 8.58 Å². The van der Waals surface area contributed by atoms with Crippen molar-refractivity contribution in [3.63, 3.8) is 0 Å². The van der Waals surface area contributed by atoms with Crippen molar-refractivity contribution in [3.8, 4) is 0 Å². The Balaban J connectivity index is 0. The molecule has 0 N–H and O–H groups in total. The van der Waals surface area contributed by atoms with Gasteiger partial charge >= 0.3 is 33.0 Å². The zero-order valence-corrected chi connectivity index (χ0v) is 15.1. The molecule has 0 fully saturated rings. The Morgan fingerprint density at radius 3 is 1.19 bits per heavy atom. The van der Waals surface area contributed by atoms with E-state index < -0.39 is 7.81 Å². The maximum absolute atomic E-state index is 10.7. The van der Waals surface area contributed by atoms with E-state index in [4.69, 9.17) is 0 Å². The fraction of sp³-hybridized carbons (Fsp3) is 1.00. The zero-order valence-electron chi connectivity index (χ0n) is 13.1. The van der Waals surface area contributed by atoms with Gasteiger partial charge in [0.1, 0.15) is 0 Å². The van der Waals surface area contributed by atoms with Gasteiger partial charge < -0.3 is 0 Å². The van der Waals surface area contributed by atoms with Crippen LogP contribution >= 0.6 is 16.4 Å². The number of halogens is 6. The molecule has 0 radical (unpaired) electrons. The molecule has 0 aliphatic rings. The molecule has 0 aromatic heterocycles. The standard InChI is InChI=1S/C13H29P.F6P/c1-3-4-5-6-7-8-9-10-11-12-13-14-2;1-7(2,3,4,5)6/h14H,3-13H2,1-2H3;/q;-1/p+1. The molecule has 0 spiro atoms. The van der Waals surface area contributed by atoms with E-state index >= 15 is 0 Å². The van der Waals surface area contributed by atoms with Gasteiger partial charge in [-0.05, 0) is 21.4 Å². The van der Waals surface area contributed by atoms with Crippen LogP contribution in [0.2, 0.25) is 0 Å².